The Labute approximate surface area is 157 Å². The van der Waals surface area contributed by atoms with Crippen molar-refractivity contribution in [1.29, 1.82) is 0 Å². The molecule has 0 aliphatic rings. The topological polar surface area (TPSA) is 66.5 Å². The van der Waals surface area contributed by atoms with Crippen LogP contribution in [-0.2, 0) is 10.0 Å². The molecule has 0 atom stereocenters. The van der Waals surface area contributed by atoms with E-state index >= 15 is 0 Å². The molecule has 0 aliphatic carbocycles. The fraction of sp³-hybridized carbons (Fsp3) is 0.0500. The van der Waals surface area contributed by atoms with Gasteiger partial charge in [-0.15, -0.1) is 0 Å². The van der Waals surface area contributed by atoms with E-state index in [4.69, 9.17) is 0 Å². The zero-order valence-corrected chi connectivity index (χ0v) is 15.3. The number of amides is 1. The number of halogens is 1. The lowest BCUT2D eigenvalue weighted by molar-refractivity contribution is 0.102. The van der Waals surface area contributed by atoms with Crippen LogP contribution in [0.3, 0.4) is 0 Å². The van der Waals surface area contributed by atoms with Gasteiger partial charge in [0.1, 0.15) is 5.82 Å². The number of nitrogens with one attached hydrogen (secondary N) is 1. The highest BCUT2D eigenvalue weighted by molar-refractivity contribution is 7.92. The molecule has 27 heavy (non-hydrogen) atoms. The van der Waals surface area contributed by atoms with Crippen LogP contribution >= 0.6 is 0 Å². The molecule has 7 heteroatoms. The van der Waals surface area contributed by atoms with Crippen molar-refractivity contribution < 1.29 is 17.6 Å². The van der Waals surface area contributed by atoms with Gasteiger partial charge in [-0.2, -0.15) is 0 Å². The molecule has 3 aromatic rings. The zero-order valence-electron chi connectivity index (χ0n) is 14.5. The minimum Gasteiger partial charge on any atom is -0.322 e. The minimum atomic E-state index is -4.03. The summed E-state index contributed by atoms with van der Waals surface area (Å²) in [6.07, 6.45) is 0. The number of carbonyl (C=O) groups is 1. The number of anilines is 2. The van der Waals surface area contributed by atoms with Crippen molar-refractivity contribution >= 4 is 27.3 Å². The summed E-state index contributed by atoms with van der Waals surface area (Å²) in [6.45, 7) is 0. The maximum atomic E-state index is 14.0. The van der Waals surface area contributed by atoms with Crippen LogP contribution in [0.4, 0.5) is 15.8 Å². The second-order valence-electron chi connectivity index (χ2n) is 5.77. The molecule has 5 nitrogen and oxygen atoms in total. The third kappa shape index (κ3) is 3.98. The summed E-state index contributed by atoms with van der Waals surface area (Å²) >= 11 is 0. The molecule has 0 fully saturated rings. The van der Waals surface area contributed by atoms with Gasteiger partial charge in [0.05, 0.1) is 10.6 Å². The highest BCUT2D eigenvalue weighted by Gasteiger charge is 2.24. The predicted octanol–water partition coefficient (Wildman–Crippen LogP) is 3.90. The number of hydrogen-bond donors (Lipinski definition) is 1. The van der Waals surface area contributed by atoms with E-state index in [0.717, 1.165) is 4.31 Å². The smallest absolute Gasteiger partial charge is 0.264 e. The molecule has 0 bridgehead atoms. The van der Waals surface area contributed by atoms with Crippen LogP contribution in [-0.4, -0.2) is 21.4 Å². The van der Waals surface area contributed by atoms with Crippen LogP contribution in [0.5, 0.6) is 0 Å². The molecule has 0 spiro atoms. The third-order valence-electron chi connectivity index (χ3n) is 3.98. The van der Waals surface area contributed by atoms with E-state index in [9.17, 15) is 17.6 Å². The Morgan fingerprint density at radius 3 is 2.30 bits per heavy atom. The Morgan fingerprint density at radius 1 is 0.926 bits per heavy atom. The number of nitrogens with zero attached hydrogens (tertiary/aromatic N) is 1. The number of para-hydroxylation sites is 2. The first-order chi connectivity index (χ1) is 12.9. The van der Waals surface area contributed by atoms with E-state index in [1.54, 1.807) is 30.3 Å². The summed E-state index contributed by atoms with van der Waals surface area (Å²) in [4.78, 5) is 12.3. The molecular formula is C20H17FN2O3S. The Morgan fingerprint density at radius 2 is 1.59 bits per heavy atom. The average Bonchev–Trinajstić information content (AvgIpc) is 2.68. The van der Waals surface area contributed by atoms with Gasteiger partial charge in [0.15, 0.2) is 0 Å². The fourth-order valence-corrected chi connectivity index (χ4v) is 3.77. The maximum Gasteiger partial charge on any atom is 0.264 e. The van der Waals surface area contributed by atoms with Crippen molar-refractivity contribution in [2.75, 3.05) is 16.7 Å². The van der Waals surface area contributed by atoms with E-state index in [2.05, 4.69) is 5.32 Å². The van der Waals surface area contributed by atoms with Gasteiger partial charge in [-0.3, -0.25) is 9.10 Å². The normalized spacial score (nSPS) is 11.0. The monoisotopic (exact) mass is 384 g/mol. The third-order valence-corrected chi connectivity index (χ3v) is 5.75. The molecule has 0 saturated carbocycles. The minimum absolute atomic E-state index is 0.0726. The van der Waals surface area contributed by atoms with Crippen LogP contribution < -0.4 is 9.62 Å². The molecular weight excluding hydrogens is 367 g/mol. The zero-order chi connectivity index (χ0) is 19.4. The molecule has 0 unspecified atom stereocenters. The van der Waals surface area contributed by atoms with Gasteiger partial charge >= 0.3 is 0 Å². The standard InChI is InChI=1S/C20H17FN2O3S/c1-23(19-13-6-5-12-18(19)21)27(25,26)17-11-7-8-15(14-17)20(24)22-16-9-3-2-4-10-16/h2-14H,1H3,(H,22,24). The fourth-order valence-electron chi connectivity index (χ4n) is 2.52. The molecule has 1 N–H and O–H groups in total. The van der Waals surface area contributed by atoms with Gasteiger partial charge in [-0.05, 0) is 42.5 Å². The van der Waals surface area contributed by atoms with Crippen LogP contribution in [0, 0.1) is 5.82 Å². The van der Waals surface area contributed by atoms with Gasteiger partial charge in [0.25, 0.3) is 15.9 Å². The molecule has 1 amide bonds. The lowest BCUT2D eigenvalue weighted by Crippen LogP contribution is -2.27. The van der Waals surface area contributed by atoms with Gasteiger partial charge < -0.3 is 5.32 Å². The van der Waals surface area contributed by atoms with Crippen LogP contribution in [0.25, 0.3) is 0 Å². The lowest BCUT2D eigenvalue weighted by atomic mass is 10.2. The van der Waals surface area contributed by atoms with Crippen molar-refractivity contribution in [3.05, 3.63) is 90.2 Å². The summed E-state index contributed by atoms with van der Waals surface area (Å²) in [7, 11) is -2.76. The molecule has 138 valence electrons. The van der Waals surface area contributed by atoms with Gasteiger partial charge in [-0.1, -0.05) is 36.4 Å². The number of rotatable bonds is 5. The predicted molar refractivity (Wildman–Crippen MR) is 103 cm³/mol. The van der Waals surface area contributed by atoms with E-state index in [-0.39, 0.29) is 16.1 Å². The molecule has 0 heterocycles. The molecule has 0 radical (unpaired) electrons. The van der Waals surface area contributed by atoms with Crippen molar-refractivity contribution in [3.63, 3.8) is 0 Å². The first-order valence-electron chi connectivity index (χ1n) is 8.09. The lowest BCUT2D eigenvalue weighted by Gasteiger charge is -2.20. The van der Waals surface area contributed by atoms with Crippen molar-refractivity contribution in [2.45, 2.75) is 4.90 Å². The Kier molecular flexibility index (Phi) is 5.23. The second-order valence-corrected chi connectivity index (χ2v) is 7.74. The number of hydrogen-bond acceptors (Lipinski definition) is 3. The van der Waals surface area contributed by atoms with Crippen molar-refractivity contribution in [3.8, 4) is 0 Å². The highest BCUT2D eigenvalue weighted by Crippen LogP contribution is 2.25. The molecule has 0 aliphatic heterocycles. The summed E-state index contributed by atoms with van der Waals surface area (Å²) in [6, 6.07) is 20.0. The van der Waals surface area contributed by atoms with Crippen molar-refractivity contribution in [1.82, 2.24) is 0 Å². The summed E-state index contributed by atoms with van der Waals surface area (Å²) in [5.41, 5.74) is 0.706. The summed E-state index contributed by atoms with van der Waals surface area (Å²) in [5.74, 6) is -1.09. The molecule has 3 rings (SSSR count). The first-order valence-corrected chi connectivity index (χ1v) is 9.53. The van der Waals surface area contributed by atoms with Crippen LogP contribution in [0.15, 0.2) is 83.8 Å². The van der Waals surface area contributed by atoms with E-state index < -0.39 is 21.7 Å². The Balaban J connectivity index is 1.90. The summed E-state index contributed by atoms with van der Waals surface area (Å²) < 4.78 is 40.5. The Bertz CT molecular complexity index is 1070. The van der Waals surface area contributed by atoms with Gasteiger partial charge in [0, 0.05) is 18.3 Å². The Hall–Kier alpha value is -3.19. The largest absolute Gasteiger partial charge is 0.322 e. The van der Waals surface area contributed by atoms with Crippen LogP contribution in [0.2, 0.25) is 0 Å². The van der Waals surface area contributed by atoms with Crippen LogP contribution in [0.1, 0.15) is 10.4 Å². The molecule has 0 aromatic heterocycles. The number of benzene rings is 3. The number of sulfonamides is 1. The van der Waals surface area contributed by atoms with E-state index in [0.29, 0.717) is 5.69 Å². The maximum absolute atomic E-state index is 14.0. The molecule has 0 saturated heterocycles. The van der Waals surface area contributed by atoms with E-state index in [1.165, 1.54) is 49.5 Å². The van der Waals surface area contributed by atoms with Gasteiger partial charge in [-0.25, -0.2) is 12.8 Å². The average molecular weight is 384 g/mol. The second kappa shape index (κ2) is 7.59. The number of carbonyl (C=O) groups excluding carboxylic acids is 1. The molecule has 3 aromatic carbocycles. The summed E-state index contributed by atoms with van der Waals surface area (Å²) in [5, 5.41) is 2.70. The van der Waals surface area contributed by atoms with Gasteiger partial charge in [0.2, 0.25) is 0 Å². The first kappa shape index (κ1) is 18.6. The highest BCUT2D eigenvalue weighted by atomic mass is 32.2. The van der Waals surface area contributed by atoms with E-state index in [1.807, 2.05) is 6.07 Å². The van der Waals surface area contributed by atoms with Crippen molar-refractivity contribution in [2.24, 2.45) is 0 Å². The quantitative estimate of drug-likeness (QED) is 0.725. The SMILES string of the molecule is CN(c1ccccc1F)S(=O)(=O)c1cccc(C(=O)Nc2ccccc2)c1.